The van der Waals surface area contributed by atoms with Gasteiger partial charge in [0.25, 0.3) is 0 Å². The van der Waals surface area contributed by atoms with Crippen LogP contribution in [0.3, 0.4) is 0 Å². The highest BCUT2D eigenvalue weighted by atomic mass is 32.1. The Labute approximate surface area is 349 Å². The molecule has 59 heavy (non-hydrogen) atoms. The van der Waals surface area contributed by atoms with Gasteiger partial charge < -0.3 is 9.13 Å². The van der Waals surface area contributed by atoms with Crippen LogP contribution in [0.15, 0.2) is 170 Å². The highest BCUT2D eigenvalue weighted by molar-refractivity contribution is 7.26. The van der Waals surface area contributed by atoms with Crippen LogP contribution in [-0.2, 0) is 12.8 Å². The summed E-state index contributed by atoms with van der Waals surface area (Å²) in [6, 6.07) is 64.0. The Balaban J connectivity index is 0.979. The number of rotatable bonds is 10. The Bertz CT molecular complexity index is 3350. The Morgan fingerprint density at radius 3 is 1.61 bits per heavy atom. The highest BCUT2D eigenvalue weighted by Crippen LogP contribution is 2.42. The Morgan fingerprint density at radius 1 is 0.390 bits per heavy atom. The Morgan fingerprint density at radius 2 is 0.949 bits per heavy atom. The fourth-order valence-corrected chi connectivity index (χ4v) is 10.7. The number of aryl methyl sites for hydroxylation is 2. The molecule has 0 saturated heterocycles. The molecule has 0 aliphatic heterocycles. The first-order chi connectivity index (χ1) is 29.2. The van der Waals surface area contributed by atoms with Crippen LogP contribution in [0.25, 0.3) is 97.4 Å². The van der Waals surface area contributed by atoms with E-state index in [2.05, 4.69) is 193 Å². The maximum Gasteiger partial charge on any atom is 0.0541 e. The predicted octanol–water partition coefficient (Wildman–Crippen LogP) is 16.3. The van der Waals surface area contributed by atoms with Gasteiger partial charge in [0, 0.05) is 53.1 Å². The van der Waals surface area contributed by atoms with E-state index in [0.717, 1.165) is 12.8 Å². The van der Waals surface area contributed by atoms with Crippen molar-refractivity contribution in [1.29, 1.82) is 0 Å². The molecule has 0 atom stereocenters. The molecule has 11 rings (SSSR count). The van der Waals surface area contributed by atoms with Gasteiger partial charge in [-0.15, -0.1) is 11.3 Å². The molecule has 0 bridgehead atoms. The van der Waals surface area contributed by atoms with Crippen LogP contribution in [0.1, 0.15) is 50.7 Å². The molecule has 2 nitrogen and oxygen atoms in total. The predicted molar refractivity (Wildman–Crippen MR) is 256 cm³/mol. The number of para-hydroxylation sites is 2. The van der Waals surface area contributed by atoms with Crippen LogP contribution < -0.4 is 0 Å². The minimum Gasteiger partial charge on any atom is -0.309 e. The summed E-state index contributed by atoms with van der Waals surface area (Å²) < 4.78 is 7.61. The van der Waals surface area contributed by atoms with Gasteiger partial charge in [-0.2, -0.15) is 0 Å². The second-order valence-electron chi connectivity index (χ2n) is 16.2. The lowest BCUT2D eigenvalue weighted by Crippen LogP contribution is -1.95. The molecule has 0 unspecified atom stereocenters. The summed E-state index contributed by atoms with van der Waals surface area (Å²) in [7, 11) is 0. The van der Waals surface area contributed by atoms with Gasteiger partial charge >= 0.3 is 0 Å². The van der Waals surface area contributed by atoms with Crippen molar-refractivity contribution in [2.75, 3.05) is 0 Å². The quantitative estimate of drug-likeness (QED) is 0.131. The third-order valence-electron chi connectivity index (χ3n) is 12.5. The maximum atomic E-state index is 2.44. The van der Waals surface area contributed by atoms with Crippen molar-refractivity contribution < 1.29 is 0 Å². The first kappa shape index (κ1) is 35.7. The molecule has 3 heteroatoms. The standard InChI is InChI=1S/C56H46N2S/c1-3-5-13-37-15-11-16-43(33-37)58-52-22-10-8-18-46(52)49-36-41(27-31-54(49)58)40-26-30-53-48(35-40)45-17-7-9-21-51(45)57(53)42-28-24-39(25-29-42)44-19-12-20-47-50-34-38(14-6-4-2)23-32-55(50)59-56(44)47/h7-12,15-36H,3-6,13-14H2,1-2H3. The van der Waals surface area contributed by atoms with Crippen molar-refractivity contribution in [3.8, 4) is 33.6 Å². The smallest absolute Gasteiger partial charge is 0.0541 e. The molecule has 0 aliphatic carbocycles. The molecule has 0 N–H and O–H groups in total. The lowest BCUT2D eigenvalue weighted by molar-refractivity contribution is 0.794. The summed E-state index contributed by atoms with van der Waals surface area (Å²) in [6.45, 7) is 4.53. The molecule has 11 aromatic rings. The number of benzene rings is 8. The molecule has 3 heterocycles. The fraction of sp³-hybridized carbons (Fsp3) is 0.143. The normalized spacial score (nSPS) is 12.0. The minimum atomic E-state index is 1.11. The van der Waals surface area contributed by atoms with Gasteiger partial charge in [-0.05, 0) is 132 Å². The largest absolute Gasteiger partial charge is 0.309 e. The minimum absolute atomic E-state index is 1.11. The van der Waals surface area contributed by atoms with Crippen LogP contribution in [0.5, 0.6) is 0 Å². The van der Waals surface area contributed by atoms with Gasteiger partial charge in [0.1, 0.15) is 0 Å². The zero-order valence-electron chi connectivity index (χ0n) is 33.7. The molecular weight excluding hydrogens is 733 g/mol. The van der Waals surface area contributed by atoms with Gasteiger partial charge in [0.15, 0.2) is 0 Å². The van der Waals surface area contributed by atoms with Crippen molar-refractivity contribution in [3.63, 3.8) is 0 Å². The van der Waals surface area contributed by atoms with Gasteiger partial charge in [-0.3, -0.25) is 0 Å². The van der Waals surface area contributed by atoms with Crippen molar-refractivity contribution >= 4 is 75.1 Å². The maximum absolute atomic E-state index is 2.44. The van der Waals surface area contributed by atoms with E-state index in [4.69, 9.17) is 0 Å². The topological polar surface area (TPSA) is 9.86 Å². The van der Waals surface area contributed by atoms with Crippen molar-refractivity contribution in [3.05, 3.63) is 181 Å². The van der Waals surface area contributed by atoms with Crippen LogP contribution >= 0.6 is 11.3 Å². The number of hydrogen-bond acceptors (Lipinski definition) is 1. The number of fused-ring (bicyclic) bond motifs is 9. The monoisotopic (exact) mass is 778 g/mol. The van der Waals surface area contributed by atoms with Gasteiger partial charge in [-0.1, -0.05) is 124 Å². The molecule has 0 saturated carbocycles. The molecule has 286 valence electrons. The van der Waals surface area contributed by atoms with E-state index < -0.39 is 0 Å². The first-order valence-electron chi connectivity index (χ1n) is 21.4. The molecule has 0 amide bonds. The molecule has 0 spiro atoms. The summed E-state index contributed by atoms with van der Waals surface area (Å²) in [4.78, 5) is 0. The van der Waals surface area contributed by atoms with Crippen LogP contribution in [0.4, 0.5) is 0 Å². The second-order valence-corrected chi connectivity index (χ2v) is 17.3. The molecule has 0 aliphatic rings. The summed E-state index contributed by atoms with van der Waals surface area (Å²) in [5.41, 5.74) is 15.2. The number of aromatic nitrogens is 2. The fourth-order valence-electron chi connectivity index (χ4n) is 9.49. The lowest BCUT2D eigenvalue weighted by Gasteiger charge is -2.11. The second kappa shape index (κ2) is 14.8. The van der Waals surface area contributed by atoms with E-state index in [1.807, 2.05) is 11.3 Å². The van der Waals surface area contributed by atoms with Crippen LogP contribution in [0, 0.1) is 0 Å². The molecule has 0 fully saturated rings. The van der Waals surface area contributed by atoms with E-state index in [1.165, 1.54) is 134 Å². The number of unbranched alkanes of at least 4 members (excludes halogenated alkanes) is 2. The Hall–Kier alpha value is -6.42. The van der Waals surface area contributed by atoms with Crippen LogP contribution in [0.2, 0.25) is 0 Å². The van der Waals surface area contributed by atoms with E-state index in [9.17, 15) is 0 Å². The average Bonchev–Trinajstić information content (AvgIpc) is 3.95. The summed E-state index contributed by atoms with van der Waals surface area (Å²) in [6.07, 6.45) is 7.12. The van der Waals surface area contributed by atoms with Crippen LogP contribution in [-0.4, -0.2) is 9.13 Å². The van der Waals surface area contributed by atoms with E-state index in [0.29, 0.717) is 0 Å². The third-order valence-corrected chi connectivity index (χ3v) is 13.7. The van der Waals surface area contributed by atoms with Gasteiger partial charge in [-0.25, -0.2) is 0 Å². The van der Waals surface area contributed by atoms with Gasteiger partial charge in [0.05, 0.1) is 22.1 Å². The molecule has 0 radical (unpaired) electrons. The molecular formula is C56H46N2S. The van der Waals surface area contributed by atoms with E-state index >= 15 is 0 Å². The van der Waals surface area contributed by atoms with Gasteiger partial charge in [0.2, 0.25) is 0 Å². The number of thiophene rings is 1. The zero-order valence-corrected chi connectivity index (χ0v) is 34.5. The van der Waals surface area contributed by atoms with Crippen molar-refractivity contribution in [2.24, 2.45) is 0 Å². The lowest BCUT2D eigenvalue weighted by atomic mass is 10.0. The molecule has 8 aromatic carbocycles. The summed E-state index contributed by atoms with van der Waals surface area (Å²) >= 11 is 1.92. The zero-order chi connectivity index (χ0) is 39.5. The SMILES string of the molecule is CCCCc1cccc(-n2c3ccccc3c3cc(-c4ccc5c(c4)c4ccccc4n5-c4ccc(-c5cccc6c5sc5ccc(CCCC)cc56)cc4)ccc32)c1. The van der Waals surface area contributed by atoms with Crippen molar-refractivity contribution in [1.82, 2.24) is 9.13 Å². The summed E-state index contributed by atoms with van der Waals surface area (Å²) in [5, 5.41) is 7.84. The number of hydrogen-bond donors (Lipinski definition) is 0. The Kier molecular flexibility index (Phi) is 8.93. The highest BCUT2D eigenvalue weighted by Gasteiger charge is 2.17. The van der Waals surface area contributed by atoms with E-state index in [1.54, 1.807) is 0 Å². The van der Waals surface area contributed by atoms with E-state index in [-0.39, 0.29) is 0 Å². The number of nitrogens with zero attached hydrogens (tertiary/aromatic N) is 2. The average molecular weight is 779 g/mol. The summed E-state index contributed by atoms with van der Waals surface area (Å²) in [5.74, 6) is 0. The third kappa shape index (κ3) is 6.07. The first-order valence-corrected chi connectivity index (χ1v) is 22.2. The van der Waals surface area contributed by atoms with Crippen molar-refractivity contribution in [2.45, 2.75) is 52.4 Å². The molecule has 3 aromatic heterocycles.